The van der Waals surface area contributed by atoms with Gasteiger partial charge in [-0.3, -0.25) is 4.79 Å². The van der Waals surface area contributed by atoms with Crippen LogP contribution in [0, 0.1) is 0 Å². The Hall–Kier alpha value is -3.45. The van der Waals surface area contributed by atoms with Crippen molar-refractivity contribution in [1.82, 2.24) is 0 Å². The highest BCUT2D eigenvalue weighted by molar-refractivity contribution is 5.93. The van der Waals surface area contributed by atoms with Crippen LogP contribution in [-0.4, -0.2) is 5.78 Å². The molecule has 0 amide bonds. The van der Waals surface area contributed by atoms with E-state index in [0.29, 0.717) is 0 Å². The molecule has 0 aromatic heterocycles. The summed E-state index contributed by atoms with van der Waals surface area (Å²) in [5.74, 6) is 0.237. The highest BCUT2D eigenvalue weighted by atomic mass is 16.1. The predicted octanol–water partition coefficient (Wildman–Crippen LogP) is 6.69. The van der Waals surface area contributed by atoms with Crippen LogP contribution in [0.1, 0.15) is 41.5 Å². The molecule has 0 heterocycles. The molecule has 0 aliphatic heterocycles. The van der Waals surface area contributed by atoms with Crippen molar-refractivity contribution >= 4 is 5.78 Å². The van der Waals surface area contributed by atoms with Crippen LogP contribution in [0.4, 0.5) is 0 Å². The summed E-state index contributed by atoms with van der Waals surface area (Å²) in [7, 11) is 0. The van der Waals surface area contributed by atoms with Gasteiger partial charge in [0.1, 0.15) is 5.78 Å². The van der Waals surface area contributed by atoms with E-state index in [1.165, 1.54) is 16.7 Å². The van der Waals surface area contributed by atoms with Crippen LogP contribution < -0.4 is 0 Å². The summed E-state index contributed by atoms with van der Waals surface area (Å²) in [6.45, 7) is 1.77. The smallest absolute Gasteiger partial charge is 0.141 e. The molecule has 0 N–H and O–H groups in total. The lowest BCUT2D eigenvalue weighted by atomic mass is 9.37. The van der Waals surface area contributed by atoms with E-state index in [-0.39, 0.29) is 17.1 Å². The zero-order valence-corrected chi connectivity index (χ0v) is 17.7. The largest absolute Gasteiger partial charge is 0.299 e. The molecule has 0 spiro atoms. The van der Waals surface area contributed by atoms with E-state index >= 15 is 0 Å². The van der Waals surface area contributed by atoms with Crippen molar-refractivity contribution in [3.63, 3.8) is 0 Å². The molecule has 1 saturated carbocycles. The Balaban J connectivity index is 1.83. The van der Waals surface area contributed by atoms with Crippen molar-refractivity contribution in [2.45, 2.75) is 30.1 Å². The summed E-state index contributed by atoms with van der Waals surface area (Å²) in [5.41, 5.74) is 4.02. The lowest BCUT2D eigenvalue weighted by Gasteiger charge is -2.63. The minimum atomic E-state index is -0.561. The van der Waals surface area contributed by atoms with Gasteiger partial charge >= 0.3 is 0 Å². The molecule has 1 fully saturated rings. The molecule has 2 atom stereocenters. The summed E-state index contributed by atoms with van der Waals surface area (Å²) in [6, 6.07) is 42.4. The van der Waals surface area contributed by atoms with Crippen molar-refractivity contribution < 1.29 is 4.79 Å². The van der Waals surface area contributed by atoms with E-state index < -0.39 is 5.41 Å². The molecule has 1 nitrogen and oxygen atoms in total. The number of Topliss-reactive ketones (excluding diaryl/α,β-unsaturated/α-hetero) is 1. The third kappa shape index (κ3) is 2.88. The first-order chi connectivity index (χ1) is 15.2. The Morgan fingerprint density at radius 1 is 0.613 bits per heavy atom. The lowest BCUT2D eigenvalue weighted by molar-refractivity contribution is -0.129. The first-order valence-corrected chi connectivity index (χ1v) is 10.9. The van der Waals surface area contributed by atoms with Crippen LogP contribution in [-0.2, 0) is 15.6 Å². The maximum Gasteiger partial charge on any atom is 0.141 e. The second-order valence-electron chi connectivity index (χ2n) is 8.62. The number of ketones is 1. The number of carbonyl (C=O) groups excluding carboxylic acids is 1. The molecule has 4 aromatic carbocycles. The van der Waals surface area contributed by atoms with Gasteiger partial charge in [0.15, 0.2) is 0 Å². The molecular weight excluding hydrogens is 376 g/mol. The number of benzene rings is 4. The third-order valence-electron chi connectivity index (χ3n) is 7.17. The second-order valence-corrected chi connectivity index (χ2v) is 8.62. The number of carbonyl (C=O) groups is 1. The van der Waals surface area contributed by atoms with Gasteiger partial charge in [0.05, 0.1) is 5.41 Å². The van der Waals surface area contributed by atoms with Crippen LogP contribution in [0.2, 0.25) is 0 Å². The Bertz CT molecular complexity index is 1130. The number of rotatable bonds is 5. The van der Waals surface area contributed by atoms with Gasteiger partial charge in [-0.15, -0.1) is 0 Å². The maximum absolute atomic E-state index is 13.5. The molecule has 1 aliphatic carbocycles. The van der Waals surface area contributed by atoms with Gasteiger partial charge in [-0.25, -0.2) is 0 Å². The summed E-state index contributed by atoms with van der Waals surface area (Å²) in [6.07, 6.45) is 0.757. The molecule has 0 radical (unpaired) electrons. The lowest BCUT2D eigenvalue weighted by Crippen LogP contribution is -2.63. The second kappa shape index (κ2) is 7.67. The molecule has 31 heavy (non-hydrogen) atoms. The molecule has 152 valence electrons. The zero-order valence-electron chi connectivity index (χ0n) is 17.7. The molecular formula is C30H26O. The van der Waals surface area contributed by atoms with E-state index in [2.05, 4.69) is 97.1 Å². The fourth-order valence-electron chi connectivity index (χ4n) is 5.86. The molecule has 0 bridgehead atoms. The Morgan fingerprint density at radius 2 is 1.00 bits per heavy atom. The van der Waals surface area contributed by atoms with Crippen LogP contribution in [0.3, 0.4) is 0 Å². The van der Waals surface area contributed by atoms with Crippen LogP contribution in [0.5, 0.6) is 0 Å². The third-order valence-corrected chi connectivity index (χ3v) is 7.17. The van der Waals surface area contributed by atoms with Gasteiger partial charge in [0.25, 0.3) is 0 Å². The van der Waals surface area contributed by atoms with Gasteiger partial charge in [-0.1, -0.05) is 121 Å². The van der Waals surface area contributed by atoms with Crippen molar-refractivity contribution in [3.8, 4) is 0 Å². The van der Waals surface area contributed by atoms with Crippen molar-refractivity contribution in [2.24, 2.45) is 0 Å². The van der Waals surface area contributed by atoms with Gasteiger partial charge in [-0.05, 0) is 35.6 Å². The summed E-state index contributed by atoms with van der Waals surface area (Å²) in [5, 5.41) is 0. The maximum atomic E-state index is 13.5. The van der Waals surface area contributed by atoms with E-state index in [1.807, 2.05) is 24.3 Å². The summed E-state index contributed by atoms with van der Waals surface area (Å²) >= 11 is 0. The molecule has 4 aromatic rings. The highest BCUT2D eigenvalue weighted by Gasteiger charge is 2.67. The highest BCUT2D eigenvalue weighted by Crippen LogP contribution is 2.68. The van der Waals surface area contributed by atoms with Gasteiger partial charge in [0, 0.05) is 11.3 Å². The molecule has 1 aliphatic rings. The topological polar surface area (TPSA) is 17.1 Å². The van der Waals surface area contributed by atoms with Crippen LogP contribution in [0.15, 0.2) is 121 Å². The number of hydrogen-bond donors (Lipinski definition) is 0. The van der Waals surface area contributed by atoms with E-state index in [4.69, 9.17) is 0 Å². The molecule has 1 heteroatoms. The predicted molar refractivity (Wildman–Crippen MR) is 126 cm³/mol. The van der Waals surface area contributed by atoms with Crippen molar-refractivity contribution in [3.05, 3.63) is 144 Å². The van der Waals surface area contributed by atoms with Crippen LogP contribution in [0.25, 0.3) is 0 Å². The van der Waals surface area contributed by atoms with Gasteiger partial charge in [-0.2, -0.15) is 0 Å². The Morgan fingerprint density at radius 3 is 1.42 bits per heavy atom. The Labute approximate surface area is 184 Å². The minimum absolute atomic E-state index is 0.00546. The quantitative estimate of drug-likeness (QED) is 0.363. The summed E-state index contributed by atoms with van der Waals surface area (Å²) in [4.78, 5) is 13.5. The first-order valence-electron chi connectivity index (χ1n) is 10.9. The fourth-order valence-corrected chi connectivity index (χ4v) is 5.86. The standard InChI is InChI=1S/C30H26O/c1-23(31)29(25-16-8-3-9-17-25)22-30(26-18-10-4-11-19-26,27-20-12-5-13-21-27)28(29)24-14-6-2-7-15-24/h2-21,28H,22H2,1H3/t28-,29?/m0/s1. The van der Waals surface area contributed by atoms with E-state index in [9.17, 15) is 4.79 Å². The van der Waals surface area contributed by atoms with E-state index in [1.54, 1.807) is 6.92 Å². The molecule has 1 unspecified atom stereocenters. The average Bonchev–Trinajstić information content (AvgIpc) is 2.82. The average molecular weight is 403 g/mol. The van der Waals surface area contributed by atoms with Crippen LogP contribution >= 0.6 is 0 Å². The normalized spacial score (nSPS) is 21.8. The monoisotopic (exact) mass is 402 g/mol. The minimum Gasteiger partial charge on any atom is -0.299 e. The summed E-state index contributed by atoms with van der Waals surface area (Å²) < 4.78 is 0. The molecule has 5 rings (SSSR count). The molecule has 0 saturated heterocycles. The Kier molecular flexibility index (Phi) is 4.82. The van der Waals surface area contributed by atoms with Crippen molar-refractivity contribution in [2.75, 3.05) is 0 Å². The number of hydrogen-bond acceptors (Lipinski definition) is 1. The van der Waals surface area contributed by atoms with Gasteiger partial charge in [0.2, 0.25) is 0 Å². The fraction of sp³-hybridized carbons (Fsp3) is 0.167. The SMILES string of the molecule is CC(=O)C1(c2ccccc2)CC(c2ccccc2)(c2ccccc2)[C@H]1c1ccccc1. The first kappa shape index (κ1) is 19.5. The van der Waals surface area contributed by atoms with Gasteiger partial charge < -0.3 is 0 Å². The van der Waals surface area contributed by atoms with E-state index in [0.717, 1.165) is 12.0 Å². The van der Waals surface area contributed by atoms with Crippen molar-refractivity contribution in [1.29, 1.82) is 0 Å². The zero-order chi connectivity index (χ0) is 21.3.